The molecule has 0 radical (unpaired) electrons. The van der Waals surface area contributed by atoms with E-state index in [2.05, 4.69) is 4.09 Å². The Bertz CT molecular complexity index is 606. The van der Waals surface area contributed by atoms with E-state index in [1.807, 2.05) is 7.05 Å². The van der Waals surface area contributed by atoms with E-state index in [0.29, 0.717) is 0 Å². The maximum atomic E-state index is 12.0. The van der Waals surface area contributed by atoms with Gasteiger partial charge in [0, 0.05) is 35.2 Å². The highest BCUT2D eigenvalue weighted by Crippen LogP contribution is 2.27. The van der Waals surface area contributed by atoms with E-state index in [1.165, 1.54) is 0 Å². The van der Waals surface area contributed by atoms with Crippen LogP contribution in [0.4, 0.5) is 0 Å². The molecule has 0 amide bonds. The third-order valence-electron chi connectivity index (χ3n) is 2.70. The second-order valence-corrected chi connectivity index (χ2v) is 8.67. The van der Waals surface area contributed by atoms with Gasteiger partial charge in [0.2, 0.25) is 0 Å². The molecule has 2 aromatic heterocycles. The Morgan fingerprint density at radius 3 is 1.19 bits per heavy atom. The van der Waals surface area contributed by atoms with Crippen molar-refractivity contribution in [3.05, 3.63) is 21.0 Å². The van der Waals surface area contributed by atoms with Crippen molar-refractivity contribution in [3.8, 4) is 0 Å². The topological polar surface area (TPSA) is 58.8 Å². The Hall–Kier alpha value is -1.06. The summed E-state index contributed by atoms with van der Waals surface area (Å²) in [6.07, 6.45) is 0. The molecule has 0 saturated carbocycles. The average Bonchev–Trinajstić information content (AvgIpc) is 2.23. The molecule has 0 aliphatic heterocycles. The van der Waals surface area contributed by atoms with Crippen LogP contribution in [0.3, 0.4) is 0 Å². The maximum Gasteiger partial charge on any atom is 0.338 e. The molecule has 9 heteroatoms. The van der Waals surface area contributed by atoms with Gasteiger partial charge in [-0.2, -0.15) is 0 Å². The molecule has 2 heterocycles. The third kappa shape index (κ3) is 1.22. The van der Waals surface area contributed by atoms with Crippen molar-refractivity contribution in [1.82, 2.24) is 21.4 Å². The van der Waals surface area contributed by atoms with Crippen molar-refractivity contribution >= 4 is 15.6 Å². The zero-order valence-electron chi connectivity index (χ0n) is 9.95. The molecule has 0 spiro atoms. The molecule has 90 valence electrons. The van der Waals surface area contributed by atoms with E-state index < -0.39 is 15.6 Å². The Balaban J connectivity index is 3.33. The molecule has 0 saturated heterocycles. The molecular formula is C7H15N5O2P2. The fraction of sp³-hybridized carbons (Fsp3) is 0.714. The Kier molecular flexibility index (Phi) is 2.48. The molecule has 0 aliphatic rings. The summed E-state index contributed by atoms with van der Waals surface area (Å²) in [6.45, 7) is 0. The van der Waals surface area contributed by atoms with Gasteiger partial charge in [-0.1, -0.05) is 0 Å². The van der Waals surface area contributed by atoms with Crippen LogP contribution in [0, 0.1) is 0 Å². The summed E-state index contributed by atoms with van der Waals surface area (Å²) in [5.74, 6) is 0. The van der Waals surface area contributed by atoms with Crippen LogP contribution in [-0.4, -0.2) is 21.4 Å². The van der Waals surface area contributed by atoms with Gasteiger partial charge in [-0.15, -0.1) is 0 Å². The van der Waals surface area contributed by atoms with Gasteiger partial charge in [0.25, 0.3) is 0 Å². The molecule has 0 aromatic carbocycles. The predicted molar refractivity (Wildman–Crippen MR) is 65.3 cm³/mol. The summed E-state index contributed by atoms with van der Waals surface area (Å²) in [4.78, 5) is 24.0. The second kappa shape index (κ2) is 3.47. The van der Waals surface area contributed by atoms with Crippen LogP contribution in [-0.2, 0) is 35.2 Å². The highest BCUT2D eigenvalue weighted by Gasteiger charge is 2.13. The standard InChI is InChI=1S/C7H15N5O2P2/c1-8-6(13)9(2)16-11(4)7(14)10(3)15(8)12(16)5/h1-5H3. The van der Waals surface area contributed by atoms with E-state index in [1.54, 1.807) is 45.5 Å². The molecule has 0 aliphatic carbocycles. The van der Waals surface area contributed by atoms with Crippen LogP contribution in [0.5, 0.6) is 0 Å². The van der Waals surface area contributed by atoms with Gasteiger partial charge in [-0.25, -0.2) is 9.59 Å². The van der Waals surface area contributed by atoms with Crippen molar-refractivity contribution in [2.75, 3.05) is 0 Å². The molecule has 0 unspecified atom stereocenters. The zero-order valence-corrected chi connectivity index (χ0v) is 11.7. The minimum atomic E-state index is -0.991. The molecule has 16 heavy (non-hydrogen) atoms. The number of fused-ring (bicyclic) bond motifs is 2. The number of hydrogen-bond acceptors (Lipinski definition) is 2. The predicted octanol–water partition coefficient (Wildman–Crippen LogP) is -0.0537. The van der Waals surface area contributed by atoms with Gasteiger partial charge < -0.3 is 0 Å². The first kappa shape index (κ1) is 11.4. The molecular weight excluding hydrogens is 248 g/mol. The van der Waals surface area contributed by atoms with E-state index in [-0.39, 0.29) is 11.4 Å². The third-order valence-corrected chi connectivity index (χ3v) is 7.52. The van der Waals surface area contributed by atoms with Gasteiger partial charge in [-0.3, -0.25) is 21.4 Å². The lowest BCUT2D eigenvalue weighted by atomic mass is 11.1. The molecule has 0 atom stereocenters. The molecule has 0 fully saturated rings. The Labute approximate surface area is 93.9 Å². The summed E-state index contributed by atoms with van der Waals surface area (Å²) < 4.78 is 8.66. The normalized spacial score (nSPS) is 13.6. The molecule has 2 rings (SSSR count). The summed E-state index contributed by atoms with van der Waals surface area (Å²) >= 11 is 0. The summed E-state index contributed by atoms with van der Waals surface area (Å²) in [7, 11) is 6.93. The lowest BCUT2D eigenvalue weighted by Crippen LogP contribution is -2.34. The van der Waals surface area contributed by atoms with Gasteiger partial charge in [0.15, 0.2) is 0 Å². The Morgan fingerprint density at radius 2 is 0.938 bits per heavy atom. The van der Waals surface area contributed by atoms with E-state index in [4.69, 9.17) is 0 Å². The quantitative estimate of drug-likeness (QED) is 0.669. The highest BCUT2D eigenvalue weighted by molar-refractivity contribution is 7.47. The van der Waals surface area contributed by atoms with Crippen LogP contribution >= 0.6 is 15.6 Å². The average molecular weight is 263 g/mol. The van der Waals surface area contributed by atoms with E-state index in [0.717, 1.165) is 0 Å². The molecule has 2 bridgehead atoms. The zero-order chi connectivity index (χ0) is 12.2. The Morgan fingerprint density at radius 1 is 0.688 bits per heavy atom. The van der Waals surface area contributed by atoms with Crippen molar-refractivity contribution in [2.45, 2.75) is 0 Å². The molecule has 7 nitrogen and oxygen atoms in total. The number of aromatic nitrogens is 5. The lowest BCUT2D eigenvalue weighted by molar-refractivity contribution is 0.723. The number of hydrogen-bond donors (Lipinski definition) is 0. The van der Waals surface area contributed by atoms with Crippen molar-refractivity contribution < 1.29 is 0 Å². The van der Waals surface area contributed by atoms with Crippen molar-refractivity contribution in [2.24, 2.45) is 35.2 Å². The minimum absolute atomic E-state index is 0.0264. The molecule has 2 aromatic rings. The van der Waals surface area contributed by atoms with Gasteiger partial charge in [0.1, 0.15) is 15.6 Å². The van der Waals surface area contributed by atoms with Gasteiger partial charge in [-0.05, 0) is 0 Å². The van der Waals surface area contributed by atoms with Crippen molar-refractivity contribution in [3.63, 3.8) is 0 Å². The number of nitrogens with zero attached hydrogens (tertiary/aromatic N) is 5. The number of aryl methyl sites for hydroxylation is 5. The monoisotopic (exact) mass is 263 g/mol. The van der Waals surface area contributed by atoms with Crippen molar-refractivity contribution in [1.29, 1.82) is 0 Å². The first-order chi connectivity index (χ1) is 7.37. The smallest absolute Gasteiger partial charge is 0.265 e. The van der Waals surface area contributed by atoms with E-state index >= 15 is 0 Å². The minimum Gasteiger partial charge on any atom is -0.265 e. The largest absolute Gasteiger partial charge is 0.338 e. The van der Waals surface area contributed by atoms with Crippen LogP contribution in [0.15, 0.2) is 9.59 Å². The first-order valence-electron chi connectivity index (χ1n) is 4.74. The first-order valence-corrected chi connectivity index (χ1v) is 7.14. The SMILES string of the molecule is Cn1c(=O)n(C)p2n(C)c(=O)n(C)p1n2C. The van der Waals surface area contributed by atoms with Crippen LogP contribution in [0.2, 0.25) is 0 Å². The summed E-state index contributed by atoms with van der Waals surface area (Å²) in [5.41, 5.74) is -0.0527. The van der Waals surface area contributed by atoms with Gasteiger partial charge in [0.05, 0.1) is 0 Å². The fourth-order valence-corrected chi connectivity index (χ4v) is 7.64. The molecule has 0 N–H and O–H groups in total. The second-order valence-electron chi connectivity index (χ2n) is 3.69. The summed E-state index contributed by atoms with van der Waals surface area (Å²) in [5, 5.41) is 0. The van der Waals surface area contributed by atoms with Gasteiger partial charge >= 0.3 is 11.4 Å². The summed E-state index contributed by atoms with van der Waals surface area (Å²) in [6, 6.07) is 0. The van der Waals surface area contributed by atoms with E-state index in [9.17, 15) is 9.59 Å². The highest BCUT2D eigenvalue weighted by atomic mass is 31.1. The number of rotatable bonds is 0. The fourth-order valence-electron chi connectivity index (χ4n) is 1.98. The van der Waals surface area contributed by atoms with Crippen LogP contribution < -0.4 is 11.4 Å². The van der Waals surface area contributed by atoms with Crippen LogP contribution in [0.25, 0.3) is 0 Å². The lowest BCUT2D eigenvalue weighted by Gasteiger charge is -2.20. The maximum absolute atomic E-state index is 12.0. The van der Waals surface area contributed by atoms with Crippen LogP contribution in [0.1, 0.15) is 0 Å².